The van der Waals surface area contributed by atoms with Gasteiger partial charge >= 0.3 is 0 Å². The van der Waals surface area contributed by atoms with Gasteiger partial charge in [0.25, 0.3) is 0 Å². The van der Waals surface area contributed by atoms with Crippen LogP contribution < -0.4 is 11.1 Å². The van der Waals surface area contributed by atoms with E-state index in [1.54, 1.807) is 17.4 Å². The summed E-state index contributed by atoms with van der Waals surface area (Å²) in [6.45, 7) is 1.45. The van der Waals surface area contributed by atoms with Crippen LogP contribution in [0.5, 0.6) is 0 Å². The van der Waals surface area contributed by atoms with Crippen LogP contribution in [0.15, 0.2) is 35.0 Å². The van der Waals surface area contributed by atoms with Crippen LogP contribution >= 0.6 is 11.3 Å². The van der Waals surface area contributed by atoms with Crippen molar-refractivity contribution in [2.45, 2.75) is 13.1 Å². The number of rotatable bonds is 4. The van der Waals surface area contributed by atoms with Gasteiger partial charge in [-0.3, -0.25) is 0 Å². The molecule has 0 aliphatic heterocycles. The van der Waals surface area contributed by atoms with Crippen molar-refractivity contribution in [2.75, 3.05) is 5.73 Å². The quantitative estimate of drug-likeness (QED) is 0.801. The number of hydrogen-bond acceptors (Lipinski definition) is 3. The predicted molar refractivity (Wildman–Crippen MR) is 65.7 cm³/mol. The van der Waals surface area contributed by atoms with Gasteiger partial charge < -0.3 is 11.1 Å². The maximum absolute atomic E-state index is 13.1. The van der Waals surface area contributed by atoms with E-state index < -0.39 is 0 Å². The Kier molecular flexibility index (Phi) is 3.54. The summed E-state index contributed by atoms with van der Waals surface area (Å²) in [5, 5.41) is 7.39. The number of anilines is 1. The van der Waals surface area contributed by atoms with E-state index in [0.717, 1.165) is 12.1 Å². The molecule has 0 spiro atoms. The minimum atomic E-state index is -0.352. The Balaban J connectivity index is 1.87. The minimum Gasteiger partial charge on any atom is -0.396 e. The highest BCUT2D eigenvalue weighted by atomic mass is 32.1. The molecule has 0 saturated carbocycles. The van der Waals surface area contributed by atoms with Crippen molar-refractivity contribution < 1.29 is 4.39 Å². The Morgan fingerprint density at radius 3 is 2.69 bits per heavy atom. The van der Waals surface area contributed by atoms with Crippen LogP contribution in [0.2, 0.25) is 0 Å². The molecule has 2 nitrogen and oxygen atoms in total. The number of nitrogen functional groups attached to an aromatic ring is 1. The molecule has 2 rings (SSSR count). The largest absolute Gasteiger partial charge is 0.396 e. The zero-order chi connectivity index (χ0) is 11.4. The number of nitrogens with two attached hydrogens (primary N) is 1. The Labute approximate surface area is 97.9 Å². The topological polar surface area (TPSA) is 38.0 Å². The lowest BCUT2D eigenvalue weighted by atomic mass is 10.2. The van der Waals surface area contributed by atoms with Crippen molar-refractivity contribution in [1.82, 2.24) is 5.32 Å². The van der Waals surface area contributed by atoms with Crippen LogP contribution in [-0.4, -0.2) is 0 Å². The van der Waals surface area contributed by atoms with Gasteiger partial charge in [-0.1, -0.05) is 6.07 Å². The molecule has 0 bridgehead atoms. The van der Waals surface area contributed by atoms with Crippen molar-refractivity contribution in [3.63, 3.8) is 0 Å². The van der Waals surface area contributed by atoms with E-state index in [0.29, 0.717) is 6.54 Å². The van der Waals surface area contributed by atoms with Gasteiger partial charge in [-0.05, 0) is 40.1 Å². The average molecular weight is 236 g/mol. The van der Waals surface area contributed by atoms with Gasteiger partial charge in [0.1, 0.15) is 5.82 Å². The van der Waals surface area contributed by atoms with Gasteiger partial charge in [0, 0.05) is 13.1 Å². The second kappa shape index (κ2) is 5.09. The molecule has 0 atom stereocenters. The lowest BCUT2D eigenvalue weighted by Gasteiger charge is -2.04. The third-order valence-electron chi connectivity index (χ3n) is 2.30. The number of hydrogen-bond donors (Lipinski definition) is 2. The maximum atomic E-state index is 13.1. The van der Waals surface area contributed by atoms with Crippen molar-refractivity contribution in [1.29, 1.82) is 0 Å². The second-order valence-electron chi connectivity index (χ2n) is 3.59. The Bertz CT molecular complexity index is 454. The molecule has 0 aliphatic rings. The molecule has 1 aromatic heterocycles. The zero-order valence-corrected chi connectivity index (χ0v) is 9.56. The third-order valence-corrected chi connectivity index (χ3v) is 3.04. The first-order chi connectivity index (χ1) is 7.75. The standard InChI is InChI=1S/C12H13FN2S/c13-11-5-9(1-2-12(11)14)6-15-7-10-3-4-16-8-10/h1-5,8,15H,6-7,14H2. The molecule has 0 saturated heterocycles. The third kappa shape index (κ3) is 2.81. The van der Waals surface area contributed by atoms with Crippen molar-refractivity contribution in [2.24, 2.45) is 0 Å². The molecule has 4 heteroatoms. The summed E-state index contributed by atoms with van der Waals surface area (Å²) in [6.07, 6.45) is 0. The monoisotopic (exact) mass is 236 g/mol. The predicted octanol–water partition coefficient (Wildman–Crippen LogP) is 2.76. The summed E-state index contributed by atoms with van der Waals surface area (Å²) in [7, 11) is 0. The van der Waals surface area contributed by atoms with Gasteiger partial charge in [0.05, 0.1) is 5.69 Å². The molecule has 0 unspecified atom stereocenters. The van der Waals surface area contributed by atoms with Crippen LogP contribution in [0, 0.1) is 5.82 Å². The molecule has 2 aromatic rings. The number of halogens is 1. The highest BCUT2D eigenvalue weighted by Crippen LogP contribution is 2.12. The smallest absolute Gasteiger partial charge is 0.146 e. The summed E-state index contributed by atoms with van der Waals surface area (Å²) < 4.78 is 13.1. The van der Waals surface area contributed by atoms with E-state index in [9.17, 15) is 4.39 Å². The molecule has 1 heterocycles. The molecular formula is C12H13FN2S. The Hall–Kier alpha value is -1.39. The van der Waals surface area contributed by atoms with Crippen molar-refractivity contribution in [3.05, 3.63) is 52.0 Å². The van der Waals surface area contributed by atoms with E-state index in [-0.39, 0.29) is 11.5 Å². The number of thiophene rings is 1. The highest BCUT2D eigenvalue weighted by molar-refractivity contribution is 7.07. The molecule has 3 N–H and O–H groups in total. The van der Waals surface area contributed by atoms with E-state index in [1.165, 1.54) is 11.6 Å². The van der Waals surface area contributed by atoms with Gasteiger partial charge in [0.15, 0.2) is 0 Å². The first-order valence-electron chi connectivity index (χ1n) is 5.01. The summed E-state index contributed by atoms with van der Waals surface area (Å²) in [4.78, 5) is 0. The Morgan fingerprint density at radius 2 is 2.00 bits per heavy atom. The van der Waals surface area contributed by atoms with Crippen molar-refractivity contribution in [3.8, 4) is 0 Å². The number of benzene rings is 1. The summed E-state index contributed by atoms with van der Waals surface area (Å²) >= 11 is 1.67. The fourth-order valence-electron chi connectivity index (χ4n) is 1.43. The molecule has 0 aliphatic carbocycles. The zero-order valence-electron chi connectivity index (χ0n) is 8.74. The molecule has 0 fully saturated rings. The molecule has 1 aromatic carbocycles. The normalized spacial score (nSPS) is 10.6. The highest BCUT2D eigenvalue weighted by Gasteiger charge is 1.99. The SMILES string of the molecule is Nc1ccc(CNCc2ccsc2)cc1F. The molecular weight excluding hydrogens is 223 g/mol. The van der Waals surface area contributed by atoms with Gasteiger partial charge in [-0.15, -0.1) is 0 Å². The van der Waals surface area contributed by atoms with Gasteiger partial charge in [0.2, 0.25) is 0 Å². The first-order valence-corrected chi connectivity index (χ1v) is 5.95. The van der Waals surface area contributed by atoms with E-state index in [2.05, 4.69) is 16.8 Å². The van der Waals surface area contributed by atoms with Crippen LogP contribution in [0.3, 0.4) is 0 Å². The fraction of sp³-hybridized carbons (Fsp3) is 0.167. The lowest BCUT2D eigenvalue weighted by Crippen LogP contribution is -2.12. The van der Waals surface area contributed by atoms with Gasteiger partial charge in [-0.2, -0.15) is 11.3 Å². The molecule has 84 valence electrons. The maximum Gasteiger partial charge on any atom is 0.146 e. The minimum absolute atomic E-state index is 0.196. The average Bonchev–Trinajstić information content (AvgIpc) is 2.76. The van der Waals surface area contributed by atoms with E-state index in [4.69, 9.17) is 5.73 Å². The van der Waals surface area contributed by atoms with Crippen LogP contribution in [0.25, 0.3) is 0 Å². The molecule has 0 radical (unpaired) electrons. The van der Waals surface area contributed by atoms with Crippen LogP contribution in [-0.2, 0) is 13.1 Å². The van der Waals surface area contributed by atoms with Crippen LogP contribution in [0.4, 0.5) is 10.1 Å². The molecule has 16 heavy (non-hydrogen) atoms. The fourth-order valence-corrected chi connectivity index (χ4v) is 2.09. The molecule has 0 amide bonds. The van der Waals surface area contributed by atoms with Crippen molar-refractivity contribution >= 4 is 17.0 Å². The number of nitrogens with one attached hydrogen (secondary N) is 1. The van der Waals surface area contributed by atoms with Gasteiger partial charge in [-0.25, -0.2) is 4.39 Å². The first kappa shape index (κ1) is 11.1. The van der Waals surface area contributed by atoms with Crippen LogP contribution in [0.1, 0.15) is 11.1 Å². The van der Waals surface area contributed by atoms with E-state index in [1.807, 2.05) is 11.4 Å². The summed E-state index contributed by atoms with van der Waals surface area (Å²) in [6, 6.07) is 6.97. The second-order valence-corrected chi connectivity index (χ2v) is 4.37. The summed E-state index contributed by atoms with van der Waals surface area (Å²) in [5.41, 5.74) is 7.75. The Morgan fingerprint density at radius 1 is 1.19 bits per heavy atom. The van der Waals surface area contributed by atoms with E-state index >= 15 is 0 Å². The summed E-state index contributed by atoms with van der Waals surface area (Å²) in [5.74, 6) is -0.352. The lowest BCUT2D eigenvalue weighted by molar-refractivity contribution is 0.624.